The van der Waals surface area contributed by atoms with E-state index in [4.69, 9.17) is 27.9 Å². The SMILES string of the molecule is CCNCC(C)Oc1cc(Cl)ccc1Cl. The van der Waals surface area contributed by atoms with Crippen LogP contribution < -0.4 is 10.1 Å². The van der Waals surface area contributed by atoms with Crippen molar-refractivity contribution in [3.8, 4) is 5.75 Å². The summed E-state index contributed by atoms with van der Waals surface area (Å²) in [5, 5.41) is 4.42. The molecule has 1 unspecified atom stereocenters. The van der Waals surface area contributed by atoms with Gasteiger partial charge in [-0.1, -0.05) is 30.1 Å². The van der Waals surface area contributed by atoms with Crippen molar-refractivity contribution in [3.05, 3.63) is 28.2 Å². The Labute approximate surface area is 101 Å². The molecule has 1 N–H and O–H groups in total. The summed E-state index contributed by atoms with van der Waals surface area (Å²) >= 11 is 11.8. The van der Waals surface area contributed by atoms with E-state index in [-0.39, 0.29) is 6.10 Å². The van der Waals surface area contributed by atoms with Gasteiger partial charge in [0.25, 0.3) is 0 Å². The molecule has 0 fully saturated rings. The number of benzene rings is 1. The van der Waals surface area contributed by atoms with E-state index in [1.165, 1.54) is 0 Å². The van der Waals surface area contributed by atoms with E-state index in [0.29, 0.717) is 15.8 Å². The van der Waals surface area contributed by atoms with Gasteiger partial charge in [-0.25, -0.2) is 0 Å². The van der Waals surface area contributed by atoms with E-state index in [0.717, 1.165) is 13.1 Å². The van der Waals surface area contributed by atoms with Crippen molar-refractivity contribution in [2.75, 3.05) is 13.1 Å². The lowest BCUT2D eigenvalue weighted by Crippen LogP contribution is -2.28. The van der Waals surface area contributed by atoms with Crippen molar-refractivity contribution in [1.29, 1.82) is 0 Å². The molecule has 0 spiro atoms. The molecule has 0 radical (unpaired) electrons. The molecular formula is C11H15Cl2NO. The van der Waals surface area contributed by atoms with E-state index in [2.05, 4.69) is 12.2 Å². The lowest BCUT2D eigenvalue weighted by molar-refractivity contribution is 0.218. The van der Waals surface area contributed by atoms with Gasteiger partial charge in [0.1, 0.15) is 11.9 Å². The van der Waals surface area contributed by atoms with Crippen LogP contribution in [0.5, 0.6) is 5.75 Å². The molecule has 0 bridgehead atoms. The predicted octanol–water partition coefficient (Wildman–Crippen LogP) is 3.37. The maximum atomic E-state index is 5.97. The highest BCUT2D eigenvalue weighted by Gasteiger charge is 2.07. The smallest absolute Gasteiger partial charge is 0.139 e. The first kappa shape index (κ1) is 12.6. The molecule has 1 aromatic rings. The summed E-state index contributed by atoms with van der Waals surface area (Å²) in [6, 6.07) is 5.21. The maximum absolute atomic E-state index is 5.97. The number of hydrogen-bond acceptors (Lipinski definition) is 2. The van der Waals surface area contributed by atoms with E-state index in [9.17, 15) is 0 Å². The number of hydrogen-bond donors (Lipinski definition) is 1. The Morgan fingerprint density at radius 2 is 2.13 bits per heavy atom. The standard InChI is InChI=1S/C11H15Cl2NO/c1-3-14-7-8(2)15-11-6-9(12)4-5-10(11)13/h4-6,8,14H,3,7H2,1-2H3. The zero-order chi connectivity index (χ0) is 11.3. The summed E-state index contributed by atoms with van der Waals surface area (Å²) in [5.74, 6) is 0.634. The van der Waals surface area contributed by atoms with Crippen LogP contribution in [0.1, 0.15) is 13.8 Å². The molecule has 2 nitrogen and oxygen atoms in total. The minimum Gasteiger partial charge on any atom is -0.488 e. The van der Waals surface area contributed by atoms with Crippen LogP contribution in [0.25, 0.3) is 0 Å². The molecule has 15 heavy (non-hydrogen) atoms. The molecular weight excluding hydrogens is 233 g/mol. The molecule has 1 aromatic carbocycles. The fraction of sp³-hybridized carbons (Fsp3) is 0.455. The van der Waals surface area contributed by atoms with Crippen molar-refractivity contribution in [2.24, 2.45) is 0 Å². The zero-order valence-electron chi connectivity index (χ0n) is 8.89. The Balaban J connectivity index is 2.59. The summed E-state index contributed by atoms with van der Waals surface area (Å²) in [4.78, 5) is 0. The summed E-state index contributed by atoms with van der Waals surface area (Å²) in [6.45, 7) is 5.76. The van der Waals surface area contributed by atoms with E-state index in [1.54, 1.807) is 18.2 Å². The van der Waals surface area contributed by atoms with Gasteiger partial charge in [-0.2, -0.15) is 0 Å². The van der Waals surface area contributed by atoms with Gasteiger partial charge < -0.3 is 10.1 Å². The van der Waals surface area contributed by atoms with Crippen LogP contribution in [0.3, 0.4) is 0 Å². The van der Waals surface area contributed by atoms with Gasteiger partial charge in [0, 0.05) is 17.6 Å². The minimum absolute atomic E-state index is 0.0703. The van der Waals surface area contributed by atoms with Crippen LogP contribution in [0.4, 0.5) is 0 Å². The number of likely N-dealkylation sites (N-methyl/N-ethyl adjacent to an activating group) is 1. The molecule has 0 saturated carbocycles. The van der Waals surface area contributed by atoms with Crippen molar-refractivity contribution >= 4 is 23.2 Å². The minimum atomic E-state index is 0.0703. The molecule has 1 rings (SSSR count). The largest absolute Gasteiger partial charge is 0.488 e. The van der Waals surface area contributed by atoms with Gasteiger partial charge in [0.05, 0.1) is 5.02 Å². The Bertz CT molecular complexity index is 317. The van der Waals surface area contributed by atoms with Gasteiger partial charge in [-0.05, 0) is 25.6 Å². The predicted molar refractivity (Wildman–Crippen MR) is 65.1 cm³/mol. The van der Waals surface area contributed by atoms with Gasteiger partial charge >= 0.3 is 0 Å². The third kappa shape index (κ3) is 4.29. The average Bonchev–Trinajstić information content (AvgIpc) is 2.20. The molecule has 0 amide bonds. The molecule has 0 aliphatic carbocycles. The van der Waals surface area contributed by atoms with Crippen molar-refractivity contribution < 1.29 is 4.74 Å². The second-order valence-electron chi connectivity index (χ2n) is 3.31. The van der Waals surface area contributed by atoms with Gasteiger partial charge in [0.2, 0.25) is 0 Å². The first-order chi connectivity index (χ1) is 7.13. The Hall–Kier alpha value is -0.440. The van der Waals surface area contributed by atoms with Gasteiger partial charge in [0.15, 0.2) is 0 Å². The zero-order valence-corrected chi connectivity index (χ0v) is 10.4. The summed E-state index contributed by atoms with van der Waals surface area (Å²) in [6.07, 6.45) is 0.0703. The maximum Gasteiger partial charge on any atom is 0.139 e. The third-order valence-corrected chi connectivity index (χ3v) is 2.45. The van der Waals surface area contributed by atoms with Crippen LogP contribution in [0, 0.1) is 0 Å². The lowest BCUT2D eigenvalue weighted by Gasteiger charge is -2.16. The Morgan fingerprint density at radius 3 is 2.80 bits per heavy atom. The first-order valence-corrected chi connectivity index (χ1v) is 5.71. The van der Waals surface area contributed by atoms with E-state index in [1.807, 2.05) is 6.92 Å². The first-order valence-electron chi connectivity index (χ1n) is 4.96. The number of nitrogens with one attached hydrogen (secondary N) is 1. The molecule has 0 aliphatic heterocycles. The van der Waals surface area contributed by atoms with Gasteiger partial charge in [-0.3, -0.25) is 0 Å². The quantitative estimate of drug-likeness (QED) is 0.862. The molecule has 0 saturated heterocycles. The molecule has 0 heterocycles. The Kier molecular flexibility index (Phi) is 5.23. The fourth-order valence-corrected chi connectivity index (χ4v) is 1.50. The number of ether oxygens (including phenoxy) is 1. The molecule has 1 atom stereocenters. The van der Waals surface area contributed by atoms with Crippen molar-refractivity contribution in [3.63, 3.8) is 0 Å². The molecule has 0 aromatic heterocycles. The average molecular weight is 248 g/mol. The highest BCUT2D eigenvalue weighted by Crippen LogP contribution is 2.28. The summed E-state index contributed by atoms with van der Waals surface area (Å²) in [5.41, 5.74) is 0. The van der Waals surface area contributed by atoms with Crippen LogP contribution in [-0.4, -0.2) is 19.2 Å². The normalized spacial score (nSPS) is 12.5. The topological polar surface area (TPSA) is 21.3 Å². The number of halogens is 2. The molecule has 4 heteroatoms. The van der Waals surface area contributed by atoms with Crippen LogP contribution in [0.15, 0.2) is 18.2 Å². The van der Waals surface area contributed by atoms with Crippen LogP contribution in [0.2, 0.25) is 10.0 Å². The van der Waals surface area contributed by atoms with Crippen LogP contribution >= 0.6 is 23.2 Å². The lowest BCUT2D eigenvalue weighted by atomic mass is 10.3. The fourth-order valence-electron chi connectivity index (χ4n) is 1.17. The summed E-state index contributed by atoms with van der Waals surface area (Å²) in [7, 11) is 0. The van der Waals surface area contributed by atoms with Crippen molar-refractivity contribution in [2.45, 2.75) is 20.0 Å². The Morgan fingerprint density at radius 1 is 1.40 bits per heavy atom. The molecule has 0 aliphatic rings. The van der Waals surface area contributed by atoms with E-state index >= 15 is 0 Å². The third-order valence-electron chi connectivity index (χ3n) is 1.90. The second kappa shape index (κ2) is 6.21. The monoisotopic (exact) mass is 247 g/mol. The number of rotatable bonds is 5. The highest BCUT2D eigenvalue weighted by atomic mass is 35.5. The van der Waals surface area contributed by atoms with Crippen molar-refractivity contribution in [1.82, 2.24) is 5.32 Å². The van der Waals surface area contributed by atoms with Crippen LogP contribution in [-0.2, 0) is 0 Å². The van der Waals surface area contributed by atoms with Gasteiger partial charge in [-0.15, -0.1) is 0 Å². The van der Waals surface area contributed by atoms with E-state index < -0.39 is 0 Å². The highest BCUT2D eigenvalue weighted by molar-refractivity contribution is 6.34. The summed E-state index contributed by atoms with van der Waals surface area (Å²) < 4.78 is 5.65. The second-order valence-corrected chi connectivity index (χ2v) is 4.15. The molecule has 84 valence electrons.